The molecule has 0 atom stereocenters. The average molecular weight is 370 g/mol. The zero-order valence-corrected chi connectivity index (χ0v) is 16.0. The van der Waals surface area contributed by atoms with Crippen molar-refractivity contribution in [2.75, 3.05) is 25.5 Å². The van der Waals surface area contributed by atoms with Gasteiger partial charge in [-0.05, 0) is 48.5 Å². The van der Waals surface area contributed by atoms with Gasteiger partial charge in [0.1, 0.15) is 11.5 Å². The van der Waals surface area contributed by atoms with Gasteiger partial charge in [0.15, 0.2) is 0 Å². The number of carbonyl (C=O) groups is 1. The van der Waals surface area contributed by atoms with Crippen molar-refractivity contribution in [3.8, 4) is 23.3 Å². The van der Waals surface area contributed by atoms with Crippen LogP contribution in [0.2, 0.25) is 0 Å². The fourth-order valence-corrected chi connectivity index (χ4v) is 2.63. The molecule has 28 heavy (non-hydrogen) atoms. The minimum atomic E-state index is -0.165. The molecule has 0 aliphatic heterocycles. The predicted octanol–water partition coefficient (Wildman–Crippen LogP) is 4.33. The van der Waals surface area contributed by atoms with E-state index in [0.29, 0.717) is 11.3 Å². The molecule has 0 aliphatic carbocycles. The number of para-hydroxylation sites is 2. The summed E-state index contributed by atoms with van der Waals surface area (Å²) >= 11 is 0. The second kappa shape index (κ2) is 9.29. The van der Waals surface area contributed by atoms with Crippen LogP contribution in [0.3, 0.4) is 0 Å². The van der Waals surface area contributed by atoms with Gasteiger partial charge in [-0.25, -0.2) is 0 Å². The Morgan fingerprint density at radius 3 is 2.25 bits per heavy atom. The van der Waals surface area contributed by atoms with E-state index in [1.807, 2.05) is 73.6 Å². The van der Waals surface area contributed by atoms with Crippen molar-refractivity contribution < 1.29 is 9.53 Å². The number of hydrogen-bond donors (Lipinski definition) is 1. The van der Waals surface area contributed by atoms with Crippen LogP contribution in [-0.4, -0.2) is 26.5 Å². The highest BCUT2D eigenvalue weighted by molar-refractivity contribution is 5.94. The Bertz CT molecular complexity index is 984. The Labute approximate surface area is 165 Å². The van der Waals surface area contributed by atoms with Gasteiger partial charge in [0.25, 0.3) is 5.91 Å². The lowest BCUT2D eigenvalue weighted by molar-refractivity contribution is 0.0958. The molecular formula is C24H22N2O2. The van der Waals surface area contributed by atoms with Crippen molar-refractivity contribution in [3.05, 3.63) is 90.0 Å². The molecule has 1 N–H and O–H groups in total. The van der Waals surface area contributed by atoms with Crippen molar-refractivity contribution in [2.45, 2.75) is 0 Å². The van der Waals surface area contributed by atoms with Gasteiger partial charge in [-0.1, -0.05) is 42.2 Å². The van der Waals surface area contributed by atoms with E-state index in [1.165, 1.54) is 0 Å². The molecule has 0 aromatic heterocycles. The molecule has 3 aromatic rings. The van der Waals surface area contributed by atoms with Crippen LogP contribution >= 0.6 is 0 Å². The second-order valence-corrected chi connectivity index (χ2v) is 6.34. The van der Waals surface area contributed by atoms with Crippen LogP contribution in [0.1, 0.15) is 15.9 Å². The van der Waals surface area contributed by atoms with Gasteiger partial charge in [-0.15, -0.1) is 0 Å². The maximum atomic E-state index is 12.3. The van der Waals surface area contributed by atoms with Gasteiger partial charge >= 0.3 is 0 Å². The molecule has 0 bridgehead atoms. The smallest absolute Gasteiger partial charge is 0.252 e. The summed E-state index contributed by atoms with van der Waals surface area (Å²) in [5.74, 6) is 7.40. The SMILES string of the molecule is CN(C)c1ccccc1C#CCNC(=O)c1ccc(Oc2ccccc2)cc1. The maximum absolute atomic E-state index is 12.3. The number of rotatable bonds is 5. The number of anilines is 1. The van der Waals surface area contributed by atoms with E-state index < -0.39 is 0 Å². The van der Waals surface area contributed by atoms with Crippen molar-refractivity contribution in [1.29, 1.82) is 0 Å². The van der Waals surface area contributed by atoms with Gasteiger partial charge in [0.2, 0.25) is 0 Å². The van der Waals surface area contributed by atoms with Gasteiger partial charge in [-0.2, -0.15) is 0 Å². The van der Waals surface area contributed by atoms with E-state index in [1.54, 1.807) is 24.3 Å². The first-order valence-corrected chi connectivity index (χ1v) is 9.00. The van der Waals surface area contributed by atoms with E-state index in [4.69, 9.17) is 4.74 Å². The van der Waals surface area contributed by atoms with Crippen LogP contribution in [-0.2, 0) is 0 Å². The highest BCUT2D eigenvalue weighted by Crippen LogP contribution is 2.21. The van der Waals surface area contributed by atoms with Crippen LogP contribution in [0, 0.1) is 11.8 Å². The summed E-state index contributed by atoms with van der Waals surface area (Å²) in [6.45, 7) is 0.281. The molecule has 0 saturated heterocycles. The van der Waals surface area contributed by atoms with Crippen LogP contribution in [0.25, 0.3) is 0 Å². The molecule has 0 heterocycles. The van der Waals surface area contributed by atoms with E-state index in [-0.39, 0.29) is 12.5 Å². The van der Waals surface area contributed by atoms with E-state index in [2.05, 4.69) is 17.2 Å². The standard InChI is InChI=1S/C24H22N2O2/c1-26(2)23-13-7-6-9-19(23)10-8-18-25-24(27)20-14-16-22(17-15-20)28-21-11-4-3-5-12-21/h3-7,9,11-17H,18H2,1-2H3,(H,25,27). The third-order valence-electron chi connectivity index (χ3n) is 4.04. The Morgan fingerprint density at radius 1 is 0.893 bits per heavy atom. The van der Waals surface area contributed by atoms with Crippen molar-refractivity contribution in [3.63, 3.8) is 0 Å². The Hall–Kier alpha value is -3.71. The number of carbonyl (C=O) groups excluding carboxylic acids is 1. The first kappa shape index (κ1) is 19.1. The van der Waals surface area contributed by atoms with Gasteiger partial charge < -0.3 is 15.0 Å². The van der Waals surface area contributed by atoms with Crippen molar-refractivity contribution >= 4 is 11.6 Å². The van der Waals surface area contributed by atoms with Gasteiger partial charge in [-0.3, -0.25) is 4.79 Å². The molecule has 4 nitrogen and oxygen atoms in total. The van der Waals surface area contributed by atoms with E-state index >= 15 is 0 Å². The molecule has 0 radical (unpaired) electrons. The van der Waals surface area contributed by atoms with Gasteiger partial charge in [0, 0.05) is 25.2 Å². The third-order valence-corrected chi connectivity index (χ3v) is 4.04. The van der Waals surface area contributed by atoms with Crippen LogP contribution in [0.4, 0.5) is 5.69 Å². The normalized spacial score (nSPS) is 9.79. The van der Waals surface area contributed by atoms with Crippen LogP contribution in [0.5, 0.6) is 11.5 Å². The molecule has 0 saturated carbocycles. The molecule has 3 aromatic carbocycles. The lowest BCUT2D eigenvalue weighted by Gasteiger charge is -2.13. The topological polar surface area (TPSA) is 41.6 Å². The molecule has 0 unspecified atom stereocenters. The summed E-state index contributed by atoms with van der Waals surface area (Å²) in [5.41, 5.74) is 2.55. The van der Waals surface area contributed by atoms with Gasteiger partial charge in [0.05, 0.1) is 12.2 Å². The molecule has 0 fully saturated rings. The van der Waals surface area contributed by atoms with Crippen molar-refractivity contribution in [1.82, 2.24) is 5.32 Å². The Kier molecular flexibility index (Phi) is 6.33. The fraction of sp³-hybridized carbons (Fsp3) is 0.125. The number of hydrogen-bond acceptors (Lipinski definition) is 3. The number of nitrogens with zero attached hydrogens (tertiary/aromatic N) is 1. The summed E-state index contributed by atoms with van der Waals surface area (Å²) in [4.78, 5) is 14.3. The number of amides is 1. The first-order valence-electron chi connectivity index (χ1n) is 9.00. The summed E-state index contributed by atoms with van der Waals surface area (Å²) in [6.07, 6.45) is 0. The lowest BCUT2D eigenvalue weighted by Crippen LogP contribution is -2.23. The highest BCUT2D eigenvalue weighted by Gasteiger charge is 2.05. The first-order chi connectivity index (χ1) is 13.6. The number of ether oxygens (including phenoxy) is 1. The van der Waals surface area contributed by atoms with Crippen LogP contribution in [0.15, 0.2) is 78.9 Å². The minimum absolute atomic E-state index is 0.165. The molecule has 0 aliphatic rings. The Morgan fingerprint density at radius 2 is 1.54 bits per heavy atom. The zero-order chi connectivity index (χ0) is 19.8. The van der Waals surface area contributed by atoms with Crippen LogP contribution < -0.4 is 15.0 Å². The van der Waals surface area contributed by atoms with E-state index in [0.717, 1.165) is 17.0 Å². The quantitative estimate of drug-likeness (QED) is 0.680. The van der Waals surface area contributed by atoms with Crippen molar-refractivity contribution in [2.24, 2.45) is 0 Å². The summed E-state index contributed by atoms with van der Waals surface area (Å²) < 4.78 is 5.73. The lowest BCUT2D eigenvalue weighted by atomic mass is 10.1. The predicted molar refractivity (Wildman–Crippen MR) is 113 cm³/mol. The highest BCUT2D eigenvalue weighted by atomic mass is 16.5. The molecule has 1 amide bonds. The second-order valence-electron chi connectivity index (χ2n) is 6.34. The molecule has 4 heteroatoms. The minimum Gasteiger partial charge on any atom is -0.457 e. The molecule has 0 spiro atoms. The molecule has 3 rings (SSSR count). The number of nitrogens with one attached hydrogen (secondary N) is 1. The largest absolute Gasteiger partial charge is 0.457 e. The molecular weight excluding hydrogens is 348 g/mol. The number of benzene rings is 3. The monoisotopic (exact) mass is 370 g/mol. The zero-order valence-electron chi connectivity index (χ0n) is 16.0. The third kappa shape index (κ3) is 5.15. The summed E-state index contributed by atoms with van der Waals surface area (Å²) in [7, 11) is 3.96. The Balaban J connectivity index is 1.56. The van der Waals surface area contributed by atoms with E-state index in [9.17, 15) is 4.79 Å². The fourth-order valence-electron chi connectivity index (χ4n) is 2.63. The summed E-state index contributed by atoms with van der Waals surface area (Å²) in [5, 5.41) is 2.82. The molecule has 140 valence electrons. The average Bonchev–Trinajstić information content (AvgIpc) is 2.72. The summed E-state index contributed by atoms with van der Waals surface area (Å²) in [6, 6.07) is 24.5. The maximum Gasteiger partial charge on any atom is 0.252 e.